The molecule has 0 radical (unpaired) electrons. The molecule has 1 aromatic heterocycles. The molecule has 1 amide bonds. The minimum absolute atomic E-state index is 0.223. The van der Waals surface area contributed by atoms with E-state index in [0.717, 1.165) is 33.4 Å². The molecule has 0 saturated heterocycles. The third-order valence-electron chi connectivity index (χ3n) is 4.19. The maximum Gasteiger partial charge on any atom is 0.287 e. The molecule has 0 fully saturated rings. The topological polar surface area (TPSA) is 60.7 Å². The predicted octanol–water partition coefficient (Wildman–Crippen LogP) is 3.71. The molecule has 4 rings (SSSR count). The van der Waals surface area contributed by atoms with Gasteiger partial charge < -0.3 is 19.2 Å². The lowest BCUT2D eigenvalue weighted by Gasteiger charge is -2.05. The zero-order valence-corrected chi connectivity index (χ0v) is 13.5. The number of fused-ring (bicyclic) bond motifs is 2. The summed E-state index contributed by atoms with van der Waals surface area (Å²) in [4.78, 5) is 12.5. The predicted molar refractivity (Wildman–Crippen MR) is 89.4 cm³/mol. The van der Waals surface area contributed by atoms with Crippen molar-refractivity contribution in [2.24, 2.45) is 0 Å². The van der Waals surface area contributed by atoms with Crippen LogP contribution in [-0.4, -0.2) is 12.7 Å². The molecule has 0 unspecified atom stereocenters. The van der Waals surface area contributed by atoms with Crippen LogP contribution in [0.1, 0.15) is 27.2 Å². The maximum atomic E-state index is 12.5. The van der Waals surface area contributed by atoms with E-state index in [4.69, 9.17) is 13.9 Å². The molecule has 1 aliphatic heterocycles. The van der Waals surface area contributed by atoms with Gasteiger partial charge in [0.25, 0.3) is 5.91 Å². The summed E-state index contributed by atoms with van der Waals surface area (Å²) in [5.41, 5.74) is 3.63. The number of benzene rings is 2. The average Bonchev–Trinajstić information content (AvgIpc) is 3.16. The first-order chi connectivity index (χ1) is 11.6. The number of ether oxygens (including phenoxy) is 2. The van der Waals surface area contributed by atoms with E-state index in [9.17, 15) is 4.79 Å². The fraction of sp³-hybridized carbons (Fsp3) is 0.211. The molecule has 0 saturated carbocycles. The molecule has 5 heteroatoms. The number of amides is 1. The highest BCUT2D eigenvalue weighted by Crippen LogP contribution is 2.32. The second kappa shape index (κ2) is 5.60. The van der Waals surface area contributed by atoms with Crippen LogP contribution in [0.4, 0.5) is 0 Å². The van der Waals surface area contributed by atoms with Gasteiger partial charge in [-0.2, -0.15) is 0 Å². The Labute approximate surface area is 139 Å². The van der Waals surface area contributed by atoms with Crippen molar-refractivity contribution in [2.45, 2.75) is 20.4 Å². The van der Waals surface area contributed by atoms with Gasteiger partial charge in [0.2, 0.25) is 6.79 Å². The Morgan fingerprint density at radius 2 is 1.92 bits per heavy atom. The second-order valence-corrected chi connectivity index (χ2v) is 5.93. The number of carbonyl (C=O) groups excluding carboxylic acids is 1. The van der Waals surface area contributed by atoms with Crippen LogP contribution in [0.5, 0.6) is 11.5 Å². The van der Waals surface area contributed by atoms with Gasteiger partial charge in [-0.15, -0.1) is 0 Å². The Kier molecular flexibility index (Phi) is 3.41. The average molecular weight is 323 g/mol. The molecule has 2 heterocycles. The van der Waals surface area contributed by atoms with Crippen molar-refractivity contribution in [3.8, 4) is 11.5 Å². The van der Waals surface area contributed by atoms with Gasteiger partial charge in [0.1, 0.15) is 5.58 Å². The highest BCUT2D eigenvalue weighted by Gasteiger charge is 2.18. The molecule has 1 aliphatic rings. The van der Waals surface area contributed by atoms with Crippen LogP contribution in [0.15, 0.2) is 40.8 Å². The number of furan rings is 1. The Balaban J connectivity index is 1.53. The van der Waals surface area contributed by atoms with Crippen molar-refractivity contribution in [1.29, 1.82) is 0 Å². The summed E-state index contributed by atoms with van der Waals surface area (Å²) < 4.78 is 16.4. The Morgan fingerprint density at radius 1 is 1.08 bits per heavy atom. The number of nitrogens with one attached hydrogen (secondary N) is 1. The first kappa shape index (κ1) is 14.6. The van der Waals surface area contributed by atoms with Crippen LogP contribution >= 0.6 is 0 Å². The normalized spacial score (nSPS) is 12.6. The van der Waals surface area contributed by atoms with Crippen molar-refractivity contribution in [3.63, 3.8) is 0 Å². The van der Waals surface area contributed by atoms with Crippen LogP contribution < -0.4 is 14.8 Å². The quantitative estimate of drug-likeness (QED) is 0.798. The molecule has 24 heavy (non-hydrogen) atoms. The lowest BCUT2D eigenvalue weighted by Crippen LogP contribution is -2.22. The van der Waals surface area contributed by atoms with Crippen LogP contribution in [0.25, 0.3) is 11.0 Å². The number of hydrogen-bond donors (Lipinski definition) is 1. The molecule has 122 valence electrons. The largest absolute Gasteiger partial charge is 0.454 e. The Hall–Kier alpha value is -2.95. The Bertz CT molecular complexity index is 942. The van der Waals surface area contributed by atoms with Gasteiger partial charge in [0.15, 0.2) is 17.3 Å². The third kappa shape index (κ3) is 2.48. The summed E-state index contributed by atoms with van der Waals surface area (Å²) in [6.45, 7) is 4.53. The van der Waals surface area contributed by atoms with E-state index in [1.54, 1.807) is 0 Å². The first-order valence-corrected chi connectivity index (χ1v) is 7.78. The zero-order valence-electron chi connectivity index (χ0n) is 13.5. The summed E-state index contributed by atoms with van der Waals surface area (Å²) in [5, 5.41) is 3.86. The number of hydrogen-bond acceptors (Lipinski definition) is 4. The van der Waals surface area contributed by atoms with E-state index in [0.29, 0.717) is 18.1 Å². The van der Waals surface area contributed by atoms with Crippen LogP contribution in [0.2, 0.25) is 0 Å². The summed E-state index contributed by atoms with van der Waals surface area (Å²) in [5.74, 6) is 1.57. The monoisotopic (exact) mass is 323 g/mol. The second-order valence-electron chi connectivity index (χ2n) is 5.93. The van der Waals surface area contributed by atoms with E-state index < -0.39 is 0 Å². The summed E-state index contributed by atoms with van der Waals surface area (Å²) >= 11 is 0. The van der Waals surface area contributed by atoms with Crippen molar-refractivity contribution < 1.29 is 18.7 Å². The molecule has 0 bridgehead atoms. The molecule has 5 nitrogen and oxygen atoms in total. The molecule has 2 aromatic carbocycles. The SMILES string of the molecule is Cc1ccc2c(C)c(C(=O)NCc3ccc4c(c3)OCO4)oc2c1. The molecule has 1 N–H and O–H groups in total. The van der Waals surface area contributed by atoms with Gasteiger partial charge >= 0.3 is 0 Å². The molecular formula is C19H17NO4. The lowest BCUT2D eigenvalue weighted by molar-refractivity contribution is 0.0924. The van der Waals surface area contributed by atoms with E-state index in [1.807, 2.05) is 50.2 Å². The molecule has 0 spiro atoms. The van der Waals surface area contributed by atoms with E-state index >= 15 is 0 Å². The minimum Gasteiger partial charge on any atom is -0.454 e. The van der Waals surface area contributed by atoms with E-state index in [-0.39, 0.29) is 12.7 Å². The Morgan fingerprint density at radius 3 is 2.79 bits per heavy atom. The standard InChI is InChI=1S/C19H17NO4/c1-11-3-5-14-12(2)18(24-16(14)7-11)19(21)20-9-13-4-6-15-17(8-13)23-10-22-15/h3-8H,9-10H2,1-2H3,(H,20,21). The fourth-order valence-electron chi connectivity index (χ4n) is 2.86. The van der Waals surface area contributed by atoms with Gasteiger partial charge in [-0.1, -0.05) is 18.2 Å². The van der Waals surface area contributed by atoms with Crippen molar-refractivity contribution in [3.05, 3.63) is 58.8 Å². The van der Waals surface area contributed by atoms with Crippen LogP contribution in [-0.2, 0) is 6.54 Å². The van der Waals surface area contributed by atoms with E-state index in [1.165, 1.54) is 0 Å². The van der Waals surface area contributed by atoms with Gasteiger partial charge in [-0.3, -0.25) is 4.79 Å². The molecule has 0 aliphatic carbocycles. The zero-order chi connectivity index (χ0) is 16.7. The maximum absolute atomic E-state index is 12.5. The van der Waals surface area contributed by atoms with Gasteiger partial charge in [0, 0.05) is 17.5 Å². The summed E-state index contributed by atoms with van der Waals surface area (Å²) in [6, 6.07) is 11.6. The molecule has 0 atom stereocenters. The van der Waals surface area contributed by atoms with Crippen molar-refractivity contribution in [1.82, 2.24) is 5.32 Å². The van der Waals surface area contributed by atoms with E-state index in [2.05, 4.69) is 5.32 Å². The smallest absolute Gasteiger partial charge is 0.287 e. The van der Waals surface area contributed by atoms with Crippen molar-refractivity contribution in [2.75, 3.05) is 6.79 Å². The first-order valence-electron chi connectivity index (χ1n) is 7.78. The number of carbonyl (C=O) groups is 1. The summed E-state index contributed by atoms with van der Waals surface area (Å²) in [7, 11) is 0. The fourth-order valence-corrected chi connectivity index (χ4v) is 2.86. The van der Waals surface area contributed by atoms with Crippen molar-refractivity contribution >= 4 is 16.9 Å². The minimum atomic E-state index is -0.223. The molecule has 3 aromatic rings. The van der Waals surface area contributed by atoms with Gasteiger partial charge in [-0.05, 0) is 43.2 Å². The number of rotatable bonds is 3. The highest BCUT2D eigenvalue weighted by molar-refractivity contribution is 5.99. The van der Waals surface area contributed by atoms with Crippen LogP contribution in [0, 0.1) is 13.8 Å². The molecular weight excluding hydrogens is 306 g/mol. The number of aryl methyl sites for hydroxylation is 2. The lowest BCUT2D eigenvalue weighted by atomic mass is 10.1. The van der Waals surface area contributed by atoms with Gasteiger partial charge in [-0.25, -0.2) is 0 Å². The van der Waals surface area contributed by atoms with Gasteiger partial charge in [0.05, 0.1) is 0 Å². The van der Waals surface area contributed by atoms with Crippen LogP contribution in [0.3, 0.4) is 0 Å². The highest BCUT2D eigenvalue weighted by atomic mass is 16.7. The third-order valence-corrected chi connectivity index (χ3v) is 4.19. The summed E-state index contributed by atoms with van der Waals surface area (Å²) in [6.07, 6.45) is 0.